The molecule has 0 saturated carbocycles. The number of nitrogens with zero attached hydrogens (tertiary/aromatic N) is 2. The molecule has 3 nitrogen and oxygen atoms in total. The lowest BCUT2D eigenvalue weighted by atomic mass is 10.0. The van der Waals surface area contributed by atoms with Crippen LogP contribution < -0.4 is 4.90 Å². The summed E-state index contributed by atoms with van der Waals surface area (Å²) in [6.45, 7) is 0.951. The Bertz CT molecular complexity index is 1350. The van der Waals surface area contributed by atoms with Gasteiger partial charge in [-0.1, -0.05) is 54.6 Å². The molecular weight excluding hydrogens is 368 g/mol. The third kappa shape index (κ3) is 2.59. The van der Waals surface area contributed by atoms with E-state index in [9.17, 15) is 5.11 Å². The number of rotatable bonds is 2. The van der Waals surface area contributed by atoms with Crippen molar-refractivity contribution in [3.05, 3.63) is 96.6 Å². The Balaban J connectivity index is 1.59. The van der Waals surface area contributed by atoms with Crippen LogP contribution in [0.3, 0.4) is 0 Å². The van der Waals surface area contributed by atoms with Crippen LogP contribution in [0.4, 0.5) is 11.4 Å². The zero-order valence-electron chi connectivity index (χ0n) is 16.6. The molecule has 30 heavy (non-hydrogen) atoms. The van der Waals surface area contributed by atoms with E-state index >= 15 is 0 Å². The third-order valence-corrected chi connectivity index (χ3v) is 6.15. The van der Waals surface area contributed by atoms with Crippen molar-refractivity contribution >= 4 is 33.2 Å². The molecule has 0 radical (unpaired) electrons. The van der Waals surface area contributed by atoms with Crippen LogP contribution in [0.1, 0.15) is 12.0 Å². The normalized spacial score (nSPS) is 13.7. The molecular formula is C27H22N2O. The van der Waals surface area contributed by atoms with Gasteiger partial charge in [-0.05, 0) is 42.7 Å². The summed E-state index contributed by atoms with van der Waals surface area (Å²) in [6, 6.07) is 31.4. The highest BCUT2D eigenvalue weighted by molar-refractivity contribution is 6.09. The van der Waals surface area contributed by atoms with Crippen LogP contribution in [0.25, 0.3) is 27.5 Å². The predicted octanol–water partition coefficient (Wildman–Crippen LogP) is 6.57. The molecule has 146 valence electrons. The summed E-state index contributed by atoms with van der Waals surface area (Å²) in [7, 11) is 0. The minimum absolute atomic E-state index is 0.285. The smallest absolute Gasteiger partial charge is 0.119 e. The Labute approximate surface area is 175 Å². The van der Waals surface area contributed by atoms with Crippen molar-refractivity contribution in [2.45, 2.75) is 12.8 Å². The molecule has 1 N–H and O–H groups in total. The van der Waals surface area contributed by atoms with E-state index in [1.165, 1.54) is 22.0 Å². The number of para-hydroxylation sites is 3. The van der Waals surface area contributed by atoms with Crippen molar-refractivity contribution in [1.29, 1.82) is 0 Å². The molecule has 6 rings (SSSR count). The maximum Gasteiger partial charge on any atom is 0.119 e. The van der Waals surface area contributed by atoms with Gasteiger partial charge in [0, 0.05) is 40.8 Å². The van der Waals surface area contributed by atoms with E-state index in [0.717, 1.165) is 41.8 Å². The van der Waals surface area contributed by atoms with Crippen molar-refractivity contribution in [2.75, 3.05) is 11.4 Å². The summed E-state index contributed by atoms with van der Waals surface area (Å²) in [4.78, 5) is 2.33. The molecule has 3 heteroatoms. The van der Waals surface area contributed by atoms with Crippen LogP contribution in [0.15, 0.2) is 91.0 Å². The van der Waals surface area contributed by atoms with E-state index in [0.29, 0.717) is 0 Å². The van der Waals surface area contributed by atoms with Crippen LogP contribution in [0, 0.1) is 0 Å². The molecule has 0 atom stereocenters. The first-order valence-electron chi connectivity index (χ1n) is 10.5. The molecule has 1 aliphatic rings. The lowest BCUT2D eigenvalue weighted by molar-refractivity contribution is 0.475. The fourth-order valence-electron chi connectivity index (χ4n) is 4.87. The van der Waals surface area contributed by atoms with Gasteiger partial charge < -0.3 is 14.6 Å². The number of hydrogen-bond acceptors (Lipinski definition) is 2. The lowest BCUT2D eigenvalue weighted by Gasteiger charge is -2.31. The van der Waals surface area contributed by atoms with Crippen molar-refractivity contribution in [2.24, 2.45) is 0 Å². The molecule has 0 spiro atoms. The number of benzene rings is 4. The van der Waals surface area contributed by atoms with Gasteiger partial charge in [-0.15, -0.1) is 0 Å². The zero-order valence-corrected chi connectivity index (χ0v) is 16.6. The first-order chi connectivity index (χ1) is 14.8. The number of phenols is 1. The van der Waals surface area contributed by atoms with E-state index in [1.54, 1.807) is 0 Å². The first-order valence-corrected chi connectivity index (χ1v) is 10.5. The molecule has 0 unspecified atom stereocenters. The number of aromatic nitrogens is 1. The Morgan fingerprint density at radius 1 is 0.667 bits per heavy atom. The number of phenolic OH excluding ortho intramolecular Hbond substituents is 1. The van der Waals surface area contributed by atoms with Gasteiger partial charge in [0.25, 0.3) is 0 Å². The fourth-order valence-corrected chi connectivity index (χ4v) is 4.87. The molecule has 1 aromatic heterocycles. The van der Waals surface area contributed by atoms with Crippen LogP contribution in [-0.4, -0.2) is 16.2 Å². The monoisotopic (exact) mass is 390 g/mol. The molecule has 0 fully saturated rings. The Morgan fingerprint density at radius 2 is 1.30 bits per heavy atom. The van der Waals surface area contributed by atoms with E-state index in [1.807, 2.05) is 12.1 Å². The zero-order chi connectivity index (χ0) is 20.1. The van der Waals surface area contributed by atoms with Crippen LogP contribution in [-0.2, 0) is 6.42 Å². The standard InChI is InChI=1S/C27H22N2O/c30-22-17-20(28-15-7-9-19-8-1-4-12-25(19)28)16-21(18-22)29-26-13-5-2-10-23(26)24-11-3-6-14-27(24)29/h1-6,8,10-14,16-18,30H,7,9,15H2. The van der Waals surface area contributed by atoms with Crippen molar-refractivity contribution < 1.29 is 5.11 Å². The first kappa shape index (κ1) is 17.2. The summed E-state index contributed by atoms with van der Waals surface area (Å²) < 4.78 is 2.25. The second-order valence-corrected chi connectivity index (χ2v) is 7.96. The maximum absolute atomic E-state index is 10.7. The van der Waals surface area contributed by atoms with Gasteiger partial charge in [0.05, 0.1) is 16.7 Å². The number of hydrogen-bond donors (Lipinski definition) is 1. The van der Waals surface area contributed by atoms with Crippen LogP contribution in [0.2, 0.25) is 0 Å². The van der Waals surface area contributed by atoms with Gasteiger partial charge in [-0.2, -0.15) is 0 Å². The number of fused-ring (bicyclic) bond motifs is 4. The third-order valence-electron chi connectivity index (χ3n) is 6.15. The summed E-state index contributed by atoms with van der Waals surface area (Å²) in [5, 5.41) is 13.1. The second kappa shape index (κ2) is 6.67. The maximum atomic E-state index is 10.7. The van der Waals surface area contributed by atoms with Crippen molar-refractivity contribution in [1.82, 2.24) is 4.57 Å². The minimum atomic E-state index is 0.285. The summed E-state index contributed by atoms with van der Waals surface area (Å²) in [5.74, 6) is 0.285. The van der Waals surface area contributed by atoms with Gasteiger partial charge in [-0.25, -0.2) is 0 Å². The highest BCUT2D eigenvalue weighted by atomic mass is 16.3. The predicted molar refractivity (Wildman–Crippen MR) is 124 cm³/mol. The molecule has 0 bridgehead atoms. The molecule has 0 saturated heterocycles. The lowest BCUT2D eigenvalue weighted by Crippen LogP contribution is -2.24. The van der Waals surface area contributed by atoms with Crippen molar-refractivity contribution in [3.8, 4) is 11.4 Å². The topological polar surface area (TPSA) is 28.4 Å². The van der Waals surface area contributed by atoms with Crippen LogP contribution >= 0.6 is 0 Å². The van der Waals surface area contributed by atoms with Gasteiger partial charge in [0.2, 0.25) is 0 Å². The molecule has 4 aromatic carbocycles. The van der Waals surface area contributed by atoms with E-state index in [-0.39, 0.29) is 5.75 Å². The van der Waals surface area contributed by atoms with E-state index < -0.39 is 0 Å². The van der Waals surface area contributed by atoms with Crippen LogP contribution in [0.5, 0.6) is 5.75 Å². The van der Waals surface area contributed by atoms with Gasteiger partial charge in [-0.3, -0.25) is 0 Å². The van der Waals surface area contributed by atoms with E-state index in [4.69, 9.17) is 0 Å². The van der Waals surface area contributed by atoms with Gasteiger partial charge in [0.1, 0.15) is 5.75 Å². The molecule has 0 aliphatic carbocycles. The second-order valence-electron chi connectivity index (χ2n) is 7.96. The Morgan fingerprint density at radius 3 is 2.07 bits per heavy atom. The summed E-state index contributed by atoms with van der Waals surface area (Å²) >= 11 is 0. The molecule has 5 aromatic rings. The van der Waals surface area contributed by atoms with Crippen molar-refractivity contribution in [3.63, 3.8) is 0 Å². The average Bonchev–Trinajstić information content (AvgIpc) is 3.13. The molecule has 0 amide bonds. The molecule has 2 heterocycles. The quantitative estimate of drug-likeness (QED) is 0.369. The Kier molecular flexibility index (Phi) is 3.81. The minimum Gasteiger partial charge on any atom is -0.508 e. The van der Waals surface area contributed by atoms with Gasteiger partial charge in [0.15, 0.2) is 0 Å². The number of aromatic hydroxyl groups is 1. The highest BCUT2D eigenvalue weighted by Crippen LogP contribution is 2.38. The van der Waals surface area contributed by atoms with E-state index in [2.05, 4.69) is 88.3 Å². The fraction of sp³-hybridized carbons (Fsp3) is 0.111. The summed E-state index contributed by atoms with van der Waals surface area (Å²) in [5.41, 5.74) is 6.90. The Hall–Kier alpha value is -3.72. The van der Waals surface area contributed by atoms with Gasteiger partial charge >= 0.3 is 0 Å². The largest absolute Gasteiger partial charge is 0.508 e. The average molecular weight is 390 g/mol. The summed E-state index contributed by atoms with van der Waals surface area (Å²) in [6.07, 6.45) is 2.21. The number of aryl methyl sites for hydroxylation is 1. The highest BCUT2D eigenvalue weighted by Gasteiger charge is 2.20. The molecule has 1 aliphatic heterocycles. The number of anilines is 2. The SMILES string of the molecule is Oc1cc(N2CCCc3ccccc32)cc(-n2c3ccccc3c3ccccc32)c1.